The number of aromatic amines is 2. The van der Waals surface area contributed by atoms with Crippen LogP contribution in [0.1, 0.15) is 43.5 Å². The number of H-pyrrole nitrogens is 2. The van der Waals surface area contributed by atoms with E-state index in [1.807, 2.05) is 20.8 Å². The van der Waals surface area contributed by atoms with E-state index in [2.05, 4.69) is 26.5 Å². The van der Waals surface area contributed by atoms with Gasteiger partial charge in [0.05, 0.1) is 5.69 Å². The van der Waals surface area contributed by atoms with Crippen molar-refractivity contribution in [2.75, 3.05) is 0 Å². The molecule has 0 fully saturated rings. The highest BCUT2D eigenvalue weighted by atomic mass is 16.3. The summed E-state index contributed by atoms with van der Waals surface area (Å²) in [5.74, 6) is 0.629. The molecule has 138 valence electrons. The minimum atomic E-state index is -0.441. The standard InChI is InChI=1S/C20H20N4O3/c1-5-12-6-7-21-13(8-12)9-15-18(25)24-16(19(26)23-15)10-14-17(20(2,3)4)27-11-22-14/h5-11H,1H2,2-4H3,(H,23,26)(H,24,25)/b15-9-,16-10-. The van der Waals surface area contributed by atoms with Crippen LogP contribution in [0, 0.1) is 0 Å². The predicted octanol–water partition coefficient (Wildman–Crippen LogP) is 1.04. The van der Waals surface area contributed by atoms with Gasteiger partial charge < -0.3 is 14.4 Å². The van der Waals surface area contributed by atoms with Gasteiger partial charge in [-0.05, 0) is 29.8 Å². The number of hydrogen-bond donors (Lipinski definition) is 2. The molecular formula is C20H20N4O3. The van der Waals surface area contributed by atoms with Crippen LogP contribution in [-0.4, -0.2) is 19.9 Å². The van der Waals surface area contributed by atoms with Crippen molar-refractivity contribution in [3.05, 3.63) is 85.4 Å². The van der Waals surface area contributed by atoms with E-state index in [0.29, 0.717) is 17.1 Å². The topological polar surface area (TPSA) is 105 Å². The summed E-state index contributed by atoms with van der Waals surface area (Å²) in [5, 5.41) is 0.214. The van der Waals surface area contributed by atoms with E-state index in [9.17, 15) is 9.59 Å². The summed E-state index contributed by atoms with van der Waals surface area (Å²) in [5.41, 5.74) is 0.736. The molecule has 0 aliphatic carbocycles. The molecular weight excluding hydrogens is 344 g/mol. The SMILES string of the molecule is C=Cc1ccnc(/C=c2\[nH]c(=O)/c(=C/c3ncoc3C(C)(C)C)[nH]c2=O)c1. The molecule has 3 rings (SSSR count). The third kappa shape index (κ3) is 4.03. The van der Waals surface area contributed by atoms with E-state index in [1.54, 1.807) is 24.4 Å². The Bertz CT molecular complexity index is 1220. The number of nitrogens with one attached hydrogen (secondary N) is 2. The summed E-state index contributed by atoms with van der Waals surface area (Å²) in [6, 6.07) is 3.55. The molecule has 0 amide bonds. The van der Waals surface area contributed by atoms with E-state index in [4.69, 9.17) is 4.42 Å². The Morgan fingerprint density at radius 3 is 2.37 bits per heavy atom. The lowest BCUT2D eigenvalue weighted by Gasteiger charge is -2.14. The molecule has 3 aromatic rings. The fraction of sp³-hybridized carbons (Fsp3) is 0.200. The minimum Gasteiger partial charge on any atom is -0.447 e. The summed E-state index contributed by atoms with van der Waals surface area (Å²) in [6.45, 7) is 9.61. The van der Waals surface area contributed by atoms with Crippen LogP contribution in [0.3, 0.4) is 0 Å². The number of aromatic nitrogens is 4. The van der Waals surface area contributed by atoms with Crippen LogP contribution in [0.4, 0.5) is 0 Å². The lowest BCUT2D eigenvalue weighted by Crippen LogP contribution is -2.46. The lowest BCUT2D eigenvalue weighted by molar-refractivity contribution is 0.407. The van der Waals surface area contributed by atoms with Gasteiger partial charge in [0.1, 0.15) is 22.2 Å². The van der Waals surface area contributed by atoms with Crippen LogP contribution in [-0.2, 0) is 5.41 Å². The molecule has 0 saturated carbocycles. The van der Waals surface area contributed by atoms with Crippen LogP contribution in [0.5, 0.6) is 0 Å². The first-order chi connectivity index (χ1) is 12.8. The van der Waals surface area contributed by atoms with Gasteiger partial charge in [0, 0.05) is 11.6 Å². The number of oxazole rings is 1. The molecule has 3 aromatic heterocycles. The normalized spacial score (nSPS) is 13.1. The Morgan fingerprint density at radius 2 is 1.74 bits per heavy atom. The molecule has 0 unspecified atom stereocenters. The molecule has 0 aliphatic rings. The third-order valence-corrected chi connectivity index (χ3v) is 3.88. The summed E-state index contributed by atoms with van der Waals surface area (Å²) in [7, 11) is 0. The second-order valence-electron chi connectivity index (χ2n) is 7.06. The second-order valence-corrected chi connectivity index (χ2v) is 7.06. The Hall–Kier alpha value is -3.48. The van der Waals surface area contributed by atoms with Gasteiger partial charge in [0.15, 0.2) is 6.39 Å². The van der Waals surface area contributed by atoms with E-state index < -0.39 is 11.1 Å². The lowest BCUT2D eigenvalue weighted by atomic mass is 9.92. The highest BCUT2D eigenvalue weighted by Gasteiger charge is 2.21. The van der Waals surface area contributed by atoms with Gasteiger partial charge in [-0.1, -0.05) is 33.4 Å². The Labute approximate surface area is 154 Å². The summed E-state index contributed by atoms with van der Waals surface area (Å²) >= 11 is 0. The zero-order valence-electron chi connectivity index (χ0n) is 15.4. The molecule has 0 atom stereocenters. The Morgan fingerprint density at radius 1 is 1.07 bits per heavy atom. The molecule has 7 nitrogen and oxygen atoms in total. The van der Waals surface area contributed by atoms with Gasteiger partial charge in [-0.15, -0.1) is 0 Å². The first-order valence-corrected chi connectivity index (χ1v) is 8.36. The van der Waals surface area contributed by atoms with Crippen molar-refractivity contribution in [2.24, 2.45) is 0 Å². The monoisotopic (exact) mass is 364 g/mol. The van der Waals surface area contributed by atoms with Crippen molar-refractivity contribution in [3.8, 4) is 0 Å². The molecule has 0 aliphatic heterocycles. The molecule has 0 radical (unpaired) electrons. The zero-order chi connectivity index (χ0) is 19.6. The highest BCUT2D eigenvalue weighted by Crippen LogP contribution is 2.25. The van der Waals surface area contributed by atoms with Gasteiger partial charge in [-0.3, -0.25) is 14.6 Å². The van der Waals surface area contributed by atoms with E-state index in [1.165, 1.54) is 18.5 Å². The van der Waals surface area contributed by atoms with Crippen molar-refractivity contribution in [2.45, 2.75) is 26.2 Å². The predicted molar refractivity (Wildman–Crippen MR) is 104 cm³/mol. The number of pyridine rings is 1. The first kappa shape index (κ1) is 18.3. The Balaban J connectivity index is 2.13. The molecule has 3 heterocycles. The number of nitrogens with zero attached hydrogens (tertiary/aromatic N) is 2. The second kappa shape index (κ2) is 7.03. The van der Waals surface area contributed by atoms with Crippen molar-refractivity contribution in [1.82, 2.24) is 19.9 Å². The summed E-state index contributed by atoms with van der Waals surface area (Å²) < 4.78 is 5.43. The largest absolute Gasteiger partial charge is 0.447 e. The maximum Gasteiger partial charge on any atom is 0.272 e. The zero-order valence-corrected chi connectivity index (χ0v) is 15.4. The number of rotatable bonds is 3. The molecule has 0 saturated heterocycles. The molecule has 0 spiro atoms. The minimum absolute atomic E-state index is 0.101. The fourth-order valence-corrected chi connectivity index (χ4v) is 2.57. The van der Waals surface area contributed by atoms with Crippen molar-refractivity contribution < 1.29 is 4.42 Å². The fourth-order valence-electron chi connectivity index (χ4n) is 2.57. The third-order valence-electron chi connectivity index (χ3n) is 3.88. The van der Waals surface area contributed by atoms with Gasteiger partial charge in [0.2, 0.25) is 0 Å². The van der Waals surface area contributed by atoms with Gasteiger partial charge in [-0.25, -0.2) is 4.98 Å². The van der Waals surface area contributed by atoms with Crippen LogP contribution >= 0.6 is 0 Å². The average molecular weight is 364 g/mol. The van der Waals surface area contributed by atoms with E-state index in [-0.39, 0.29) is 16.1 Å². The summed E-state index contributed by atoms with van der Waals surface area (Å²) in [6.07, 6.45) is 7.61. The molecule has 27 heavy (non-hydrogen) atoms. The van der Waals surface area contributed by atoms with Crippen LogP contribution in [0.2, 0.25) is 0 Å². The molecule has 0 bridgehead atoms. The first-order valence-electron chi connectivity index (χ1n) is 8.36. The van der Waals surface area contributed by atoms with Crippen LogP contribution < -0.4 is 21.8 Å². The number of hydrogen-bond acceptors (Lipinski definition) is 5. The van der Waals surface area contributed by atoms with Crippen molar-refractivity contribution >= 4 is 18.2 Å². The highest BCUT2D eigenvalue weighted by molar-refractivity contribution is 5.53. The van der Waals surface area contributed by atoms with Crippen LogP contribution in [0.25, 0.3) is 18.2 Å². The van der Waals surface area contributed by atoms with Gasteiger partial charge in [-0.2, -0.15) is 0 Å². The maximum atomic E-state index is 12.4. The average Bonchev–Trinajstić information content (AvgIpc) is 3.08. The van der Waals surface area contributed by atoms with Crippen molar-refractivity contribution in [1.29, 1.82) is 0 Å². The van der Waals surface area contributed by atoms with Gasteiger partial charge in [0.25, 0.3) is 11.1 Å². The molecule has 0 aromatic carbocycles. The van der Waals surface area contributed by atoms with E-state index in [0.717, 1.165) is 5.56 Å². The Kier molecular flexibility index (Phi) is 4.77. The van der Waals surface area contributed by atoms with Gasteiger partial charge >= 0.3 is 0 Å². The molecule has 7 heteroatoms. The van der Waals surface area contributed by atoms with Crippen molar-refractivity contribution in [3.63, 3.8) is 0 Å². The molecule has 2 N–H and O–H groups in total. The van der Waals surface area contributed by atoms with Crippen LogP contribution in [0.15, 0.2) is 45.3 Å². The summed E-state index contributed by atoms with van der Waals surface area (Å²) in [4.78, 5) is 38.3. The van der Waals surface area contributed by atoms with E-state index >= 15 is 0 Å². The quantitative estimate of drug-likeness (QED) is 0.723. The smallest absolute Gasteiger partial charge is 0.272 e. The maximum absolute atomic E-state index is 12.4.